The first-order valence-corrected chi connectivity index (χ1v) is 8.95. The number of carbonyl (C=O) groups excluding carboxylic acids is 1. The Labute approximate surface area is 151 Å². The Bertz CT molecular complexity index is 764. The van der Waals surface area contributed by atoms with Crippen molar-refractivity contribution in [2.24, 2.45) is 0 Å². The second kappa shape index (κ2) is 6.77. The first kappa shape index (κ1) is 17.1. The molecule has 2 heterocycles. The lowest BCUT2D eigenvalue weighted by Gasteiger charge is -2.42. The summed E-state index contributed by atoms with van der Waals surface area (Å²) in [5.41, 5.74) is 1.36. The maximum absolute atomic E-state index is 13.0. The predicted octanol–water partition coefficient (Wildman–Crippen LogP) is 0.866. The summed E-state index contributed by atoms with van der Waals surface area (Å²) in [5.74, 6) is -0.00278. The van der Waals surface area contributed by atoms with Gasteiger partial charge in [-0.3, -0.25) is 4.79 Å². The fourth-order valence-corrected chi connectivity index (χ4v) is 4.28. The Morgan fingerprint density at radius 1 is 1.35 bits per heavy atom. The molecule has 26 heavy (non-hydrogen) atoms. The topological polar surface area (TPSA) is 93.4 Å². The lowest BCUT2D eigenvalue weighted by atomic mass is 9.79. The van der Waals surface area contributed by atoms with E-state index >= 15 is 0 Å². The molecule has 2 fully saturated rings. The van der Waals surface area contributed by atoms with Crippen molar-refractivity contribution in [3.8, 4) is 0 Å². The van der Waals surface area contributed by atoms with Crippen LogP contribution in [0.2, 0.25) is 0 Å². The molecule has 0 spiro atoms. The van der Waals surface area contributed by atoms with Gasteiger partial charge in [-0.2, -0.15) is 0 Å². The zero-order valence-electron chi connectivity index (χ0n) is 14.8. The number of aliphatic hydroxyl groups excluding tert-OH is 1. The molecule has 2 aromatic rings. The molecule has 0 radical (unpaired) electrons. The zero-order valence-corrected chi connectivity index (χ0v) is 14.8. The van der Waals surface area contributed by atoms with Gasteiger partial charge in [0.05, 0.1) is 24.3 Å². The van der Waals surface area contributed by atoms with Crippen molar-refractivity contribution in [3.63, 3.8) is 0 Å². The van der Waals surface area contributed by atoms with Crippen LogP contribution in [0, 0.1) is 0 Å². The maximum Gasteiger partial charge on any atom is 0.254 e. The molecule has 8 nitrogen and oxygen atoms in total. The van der Waals surface area contributed by atoms with Gasteiger partial charge in [0.2, 0.25) is 0 Å². The van der Waals surface area contributed by atoms with Crippen molar-refractivity contribution in [1.82, 2.24) is 25.1 Å². The molecule has 1 aliphatic carbocycles. The van der Waals surface area contributed by atoms with Crippen LogP contribution < -0.4 is 0 Å². The van der Waals surface area contributed by atoms with E-state index < -0.39 is 0 Å². The van der Waals surface area contributed by atoms with Crippen LogP contribution in [0.5, 0.6) is 0 Å². The molecule has 1 saturated heterocycles. The fraction of sp³-hybridized carbons (Fsp3) is 0.556. The van der Waals surface area contributed by atoms with Gasteiger partial charge in [-0.15, -0.1) is 5.10 Å². The minimum Gasteiger partial charge on any atom is -0.393 e. The number of rotatable bonds is 4. The Morgan fingerprint density at radius 3 is 2.85 bits per heavy atom. The van der Waals surface area contributed by atoms with Crippen molar-refractivity contribution < 1.29 is 14.6 Å². The van der Waals surface area contributed by atoms with Gasteiger partial charge in [0.25, 0.3) is 5.91 Å². The number of amides is 1. The number of ether oxygens (including phenoxy) is 1. The standard InChI is InChI=1S/C18H23N5O3/c1-26-18-7-6-15(24)10-16(18)23(9-8-18)17(25)14-4-2-13(3-5-14)11-22-12-19-20-21-22/h2-5,12,15-16,24H,6-11H2,1H3/t15-,16+,18-/m1/s1. The second-order valence-corrected chi connectivity index (χ2v) is 7.17. The summed E-state index contributed by atoms with van der Waals surface area (Å²) in [4.78, 5) is 14.9. The monoisotopic (exact) mass is 357 g/mol. The van der Waals surface area contributed by atoms with Crippen molar-refractivity contribution in [1.29, 1.82) is 0 Å². The summed E-state index contributed by atoms with van der Waals surface area (Å²) in [6.45, 7) is 1.23. The van der Waals surface area contributed by atoms with Crippen LogP contribution in [0.4, 0.5) is 0 Å². The van der Waals surface area contributed by atoms with E-state index in [2.05, 4.69) is 15.5 Å². The lowest BCUT2D eigenvalue weighted by Crippen LogP contribution is -2.52. The molecule has 3 atom stereocenters. The number of likely N-dealkylation sites (tertiary alicyclic amines) is 1. The molecule has 1 N–H and O–H groups in total. The normalized spacial score (nSPS) is 28.2. The number of carbonyl (C=O) groups is 1. The number of fused-ring (bicyclic) bond motifs is 1. The van der Waals surface area contributed by atoms with Gasteiger partial charge in [0.15, 0.2) is 0 Å². The number of benzene rings is 1. The number of hydrogen-bond donors (Lipinski definition) is 1. The van der Waals surface area contributed by atoms with Crippen LogP contribution in [0.25, 0.3) is 0 Å². The lowest BCUT2D eigenvalue weighted by molar-refractivity contribution is -0.0824. The summed E-state index contributed by atoms with van der Waals surface area (Å²) in [6, 6.07) is 7.46. The Morgan fingerprint density at radius 2 is 2.15 bits per heavy atom. The smallest absolute Gasteiger partial charge is 0.254 e. The van der Waals surface area contributed by atoms with Gasteiger partial charge in [-0.1, -0.05) is 12.1 Å². The molecule has 1 aliphatic heterocycles. The highest BCUT2D eigenvalue weighted by atomic mass is 16.5. The number of aliphatic hydroxyl groups is 1. The highest BCUT2D eigenvalue weighted by Gasteiger charge is 2.52. The van der Waals surface area contributed by atoms with Crippen LogP contribution in [-0.2, 0) is 11.3 Å². The third-order valence-corrected chi connectivity index (χ3v) is 5.76. The number of methoxy groups -OCH3 is 1. The van der Waals surface area contributed by atoms with E-state index in [1.54, 1.807) is 18.1 Å². The van der Waals surface area contributed by atoms with Crippen LogP contribution >= 0.6 is 0 Å². The van der Waals surface area contributed by atoms with E-state index in [0.29, 0.717) is 25.1 Å². The number of nitrogens with zero attached hydrogens (tertiary/aromatic N) is 5. The summed E-state index contributed by atoms with van der Waals surface area (Å²) in [7, 11) is 1.71. The Balaban J connectivity index is 1.50. The van der Waals surface area contributed by atoms with E-state index in [-0.39, 0.29) is 23.7 Å². The van der Waals surface area contributed by atoms with Gasteiger partial charge >= 0.3 is 0 Å². The van der Waals surface area contributed by atoms with Crippen LogP contribution in [0.15, 0.2) is 30.6 Å². The average molecular weight is 357 g/mol. The van der Waals surface area contributed by atoms with Gasteiger partial charge in [-0.05, 0) is 53.8 Å². The molecule has 138 valence electrons. The number of aromatic nitrogens is 4. The molecule has 1 aromatic heterocycles. The molecule has 0 bridgehead atoms. The molecular weight excluding hydrogens is 334 g/mol. The van der Waals surface area contributed by atoms with Crippen molar-refractivity contribution >= 4 is 5.91 Å². The van der Waals surface area contributed by atoms with Gasteiger partial charge in [0, 0.05) is 19.2 Å². The van der Waals surface area contributed by atoms with E-state index in [9.17, 15) is 9.90 Å². The first-order valence-electron chi connectivity index (χ1n) is 8.95. The summed E-state index contributed by atoms with van der Waals surface area (Å²) < 4.78 is 7.45. The average Bonchev–Trinajstić information content (AvgIpc) is 3.30. The molecule has 1 amide bonds. The summed E-state index contributed by atoms with van der Waals surface area (Å²) >= 11 is 0. The van der Waals surface area contributed by atoms with Gasteiger partial charge < -0.3 is 14.7 Å². The van der Waals surface area contributed by atoms with Crippen molar-refractivity contribution in [2.75, 3.05) is 13.7 Å². The minimum atomic E-state index is -0.365. The molecule has 4 rings (SSSR count). The largest absolute Gasteiger partial charge is 0.393 e. The zero-order chi connectivity index (χ0) is 18.1. The molecule has 1 aromatic carbocycles. The molecule has 0 unspecified atom stereocenters. The SMILES string of the molecule is CO[C@@]12CC[C@@H](O)C[C@@H]1N(C(=O)c1ccc(Cn3cnnn3)cc1)CC2. The van der Waals surface area contributed by atoms with E-state index in [0.717, 1.165) is 24.8 Å². The highest BCUT2D eigenvalue weighted by Crippen LogP contribution is 2.42. The van der Waals surface area contributed by atoms with Gasteiger partial charge in [-0.25, -0.2) is 4.68 Å². The second-order valence-electron chi connectivity index (χ2n) is 7.17. The third-order valence-electron chi connectivity index (χ3n) is 5.76. The predicted molar refractivity (Wildman–Crippen MR) is 92.4 cm³/mol. The van der Waals surface area contributed by atoms with Crippen molar-refractivity contribution in [2.45, 2.75) is 50.0 Å². The van der Waals surface area contributed by atoms with E-state index in [1.807, 2.05) is 29.2 Å². The molecule has 8 heteroatoms. The first-order chi connectivity index (χ1) is 12.6. The summed E-state index contributed by atoms with van der Waals surface area (Å²) in [6.07, 6.45) is 4.13. The number of hydrogen-bond acceptors (Lipinski definition) is 6. The fourth-order valence-electron chi connectivity index (χ4n) is 4.28. The van der Waals surface area contributed by atoms with Crippen molar-refractivity contribution in [3.05, 3.63) is 41.7 Å². The minimum absolute atomic E-state index is 0.00278. The molecule has 2 aliphatic rings. The third kappa shape index (κ3) is 2.99. The van der Waals surface area contributed by atoms with E-state index in [4.69, 9.17) is 4.74 Å². The molecular formula is C18H23N5O3. The highest BCUT2D eigenvalue weighted by molar-refractivity contribution is 5.94. The quantitative estimate of drug-likeness (QED) is 0.873. The van der Waals surface area contributed by atoms with Crippen LogP contribution in [0.1, 0.15) is 41.6 Å². The number of tetrazole rings is 1. The Kier molecular flexibility index (Phi) is 4.46. The Hall–Kier alpha value is -2.32. The maximum atomic E-state index is 13.0. The molecule has 1 saturated carbocycles. The summed E-state index contributed by atoms with van der Waals surface area (Å²) in [5, 5.41) is 21.2. The van der Waals surface area contributed by atoms with Gasteiger partial charge in [0.1, 0.15) is 6.33 Å². The van der Waals surface area contributed by atoms with Crippen LogP contribution in [-0.4, -0.2) is 67.5 Å². The van der Waals surface area contributed by atoms with E-state index in [1.165, 1.54) is 0 Å². The van der Waals surface area contributed by atoms with Crippen LogP contribution in [0.3, 0.4) is 0 Å².